The van der Waals surface area contributed by atoms with Crippen molar-refractivity contribution in [3.05, 3.63) is 57.6 Å². The van der Waals surface area contributed by atoms with Crippen molar-refractivity contribution >= 4 is 21.8 Å². The van der Waals surface area contributed by atoms with Crippen LogP contribution in [0.1, 0.15) is 28.4 Å². The lowest BCUT2D eigenvalue weighted by Crippen LogP contribution is -2.35. The van der Waals surface area contributed by atoms with E-state index < -0.39 is 0 Å². The number of ether oxygens (including phenoxy) is 2. The number of rotatable bonds is 4. The van der Waals surface area contributed by atoms with E-state index in [2.05, 4.69) is 28.1 Å². The molecule has 4 nitrogen and oxygen atoms in total. The normalized spacial score (nSPS) is 13.4. The number of nitrogens with zero attached hydrogens (tertiary/aromatic N) is 1. The van der Waals surface area contributed by atoms with Crippen LogP contribution in [0.25, 0.3) is 0 Å². The number of carbonyl (C=O) groups excluding carboxylic acids is 1. The molecule has 0 radical (unpaired) electrons. The summed E-state index contributed by atoms with van der Waals surface area (Å²) in [5.41, 5.74) is 3.14. The fraction of sp³-hybridized carbons (Fsp3) is 0.316. The summed E-state index contributed by atoms with van der Waals surface area (Å²) >= 11 is 3.48. The summed E-state index contributed by atoms with van der Waals surface area (Å²) < 4.78 is 11.7. The molecule has 126 valence electrons. The molecule has 0 N–H and O–H groups in total. The molecular weight excluding hydrogens is 370 g/mol. The lowest BCUT2D eigenvalue weighted by atomic mass is 9.99. The van der Waals surface area contributed by atoms with Crippen molar-refractivity contribution in [2.75, 3.05) is 20.3 Å². The van der Waals surface area contributed by atoms with Gasteiger partial charge in [0.1, 0.15) is 0 Å². The second-order valence-electron chi connectivity index (χ2n) is 5.67. The maximum Gasteiger partial charge on any atom is 0.254 e. The van der Waals surface area contributed by atoms with Gasteiger partial charge >= 0.3 is 0 Å². The van der Waals surface area contributed by atoms with Crippen LogP contribution < -0.4 is 9.47 Å². The number of methoxy groups -OCH3 is 1. The molecule has 5 heteroatoms. The number of hydrogen-bond acceptors (Lipinski definition) is 3. The van der Waals surface area contributed by atoms with Gasteiger partial charge in [-0.1, -0.05) is 24.3 Å². The molecular formula is C19H20BrNO3. The van der Waals surface area contributed by atoms with Crippen LogP contribution in [0.4, 0.5) is 0 Å². The Morgan fingerprint density at radius 2 is 2.00 bits per heavy atom. The average molecular weight is 390 g/mol. The van der Waals surface area contributed by atoms with E-state index in [0.717, 1.165) is 17.4 Å². The molecule has 0 aromatic heterocycles. The number of carbonyl (C=O) groups is 1. The maximum atomic E-state index is 12.9. The Hall–Kier alpha value is -2.01. The Labute approximate surface area is 150 Å². The largest absolute Gasteiger partial charge is 0.493 e. The minimum Gasteiger partial charge on any atom is -0.493 e. The van der Waals surface area contributed by atoms with Crippen molar-refractivity contribution in [3.63, 3.8) is 0 Å². The van der Waals surface area contributed by atoms with Crippen molar-refractivity contribution in [2.24, 2.45) is 0 Å². The molecule has 0 atom stereocenters. The van der Waals surface area contributed by atoms with Crippen molar-refractivity contribution in [2.45, 2.75) is 19.9 Å². The monoisotopic (exact) mass is 389 g/mol. The average Bonchev–Trinajstić information content (AvgIpc) is 2.62. The van der Waals surface area contributed by atoms with Gasteiger partial charge in [-0.05, 0) is 52.5 Å². The van der Waals surface area contributed by atoms with E-state index in [-0.39, 0.29) is 5.91 Å². The first-order chi connectivity index (χ1) is 11.6. The summed E-state index contributed by atoms with van der Waals surface area (Å²) in [7, 11) is 1.58. The van der Waals surface area contributed by atoms with E-state index in [9.17, 15) is 4.79 Å². The molecule has 1 aliphatic rings. The van der Waals surface area contributed by atoms with Gasteiger partial charge in [-0.15, -0.1) is 0 Å². The maximum absolute atomic E-state index is 12.9. The summed E-state index contributed by atoms with van der Waals surface area (Å²) in [5.74, 6) is 1.19. The minimum atomic E-state index is 0.00607. The van der Waals surface area contributed by atoms with Gasteiger partial charge in [-0.2, -0.15) is 0 Å². The van der Waals surface area contributed by atoms with Crippen LogP contribution in [0, 0.1) is 0 Å². The number of hydrogen-bond donors (Lipinski definition) is 0. The molecule has 0 saturated carbocycles. The van der Waals surface area contributed by atoms with Crippen LogP contribution in [0.5, 0.6) is 11.5 Å². The SMILES string of the molecule is CCOc1c(Br)cc(C(=O)N2CCc3ccccc3C2)cc1OC. The molecule has 0 aliphatic carbocycles. The highest BCUT2D eigenvalue weighted by atomic mass is 79.9. The topological polar surface area (TPSA) is 38.8 Å². The zero-order valence-corrected chi connectivity index (χ0v) is 15.4. The second kappa shape index (κ2) is 7.26. The molecule has 0 bridgehead atoms. The highest BCUT2D eigenvalue weighted by Gasteiger charge is 2.23. The molecule has 1 aliphatic heterocycles. The first-order valence-corrected chi connectivity index (χ1v) is 8.79. The van der Waals surface area contributed by atoms with E-state index in [0.29, 0.717) is 30.2 Å². The summed E-state index contributed by atoms with van der Waals surface area (Å²) in [5, 5.41) is 0. The molecule has 24 heavy (non-hydrogen) atoms. The fourth-order valence-electron chi connectivity index (χ4n) is 2.98. The van der Waals surface area contributed by atoms with E-state index in [1.54, 1.807) is 19.2 Å². The Kier molecular flexibility index (Phi) is 5.09. The molecule has 1 amide bonds. The van der Waals surface area contributed by atoms with Crippen LogP contribution in [-0.4, -0.2) is 31.1 Å². The van der Waals surface area contributed by atoms with Crippen molar-refractivity contribution < 1.29 is 14.3 Å². The van der Waals surface area contributed by atoms with E-state index in [4.69, 9.17) is 9.47 Å². The lowest BCUT2D eigenvalue weighted by molar-refractivity contribution is 0.0734. The van der Waals surface area contributed by atoms with Gasteiger partial charge in [0.25, 0.3) is 5.91 Å². The Bertz CT molecular complexity index is 760. The van der Waals surface area contributed by atoms with E-state index in [1.165, 1.54) is 11.1 Å². The van der Waals surface area contributed by atoms with Crippen LogP contribution in [0.3, 0.4) is 0 Å². The molecule has 0 saturated heterocycles. The van der Waals surface area contributed by atoms with Gasteiger partial charge < -0.3 is 14.4 Å². The Morgan fingerprint density at radius 1 is 1.25 bits per heavy atom. The third-order valence-corrected chi connectivity index (χ3v) is 4.77. The van der Waals surface area contributed by atoms with Crippen LogP contribution in [0.2, 0.25) is 0 Å². The third kappa shape index (κ3) is 3.26. The second-order valence-corrected chi connectivity index (χ2v) is 6.52. The summed E-state index contributed by atoms with van der Waals surface area (Å²) in [4.78, 5) is 14.8. The van der Waals surface area contributed by atoms with Gasteiger partial charge in [0, 0.05) is 18.7 Å². The van der Waals surface area contributed by atoms with Crippen molar-refractivity contribution in [1.82, 2.24) is 4.90 Å². The fourth-order valence-corrected chi connectivity index (χ4v) is 3.54. The Balaban J connectivity index is 1.87. The van der Waals surface area contributed by atoms with Crippen LogP contribution >= 0.6 is 15.9 Å². The standard InChI is InChI=1S/C19H20BrNO3/c1-3-24-18-16(20)10-15(11-17(18)23-2)19(22)21-9-8-13-6-4-5-7-14(13)12-21/h4-7,10-11H,3,8-9,12H2,1-2H3. The van der Waals surface area contributed by atoms with Gasteiger partial charge in [-0.3, -0.25) is 4.79 Å². The minimum absolute atomic E-state index is 0.00607. The van der Waals surface area contributed by atoms with Crippen molar-refractivity contribution in [3.8, 4) is 11.5 Å². The highest BCUT2D eigenvalue weighted by molar-refractivity contribution is 9.10. The smallest absolute Gasteiger partial charge is 0.254 e. The van der Waals surface area contributed by atoms with Gasteiger partial charge in [-0.25, -0.2) is 0 Å². The van der Waals surface area contributed by atoms with E-state index in [1.807, 2.05) is 24.0 Å². The molecule has 2 aromatic carbocycles. The Morgan fingerprint density at radius 3 is 2.71 bits per heavy atom. The summed E-state index contributed by atoms with van der Waals surface area (Å²) in [6.45, 7) is 3.81. The predicted octanol–water partition coefficient (Wildman–Crippen LogP) is 4.05. The molecule has 1 heterocycles. The lowest BCUT2D eigenvalue weighted by Gasteiger charge is -2.29. The van der Waals surface area contributed by atoms with Crippen LogP contribution in [0.15, 0.2) is 40.9 Å². The quantitative estimate of drug-likeness (QED) is 0.791. The number of amides is 1. The van der Waals surface area contributed by atoms with E-state index >= 15 is 0 Å². The summed E-state index contributed by atoms with van der Waals surface area (Å²) in [6, 6.07) is 11.8. The predicted molar refractivity (Wildman–Crippen MR) is 96.7 cm³/mol. The molecule has 0 unspecified atom stereocenters. The molecule has 3 rings (SSSR count). The zero-order chi connectivity index (χ0) is 17.1. The highest BCUT2D eigenvalue weighted by Crippen LogP contribution is 2.37. The van der Waals surface area contributed by atoms with Gasteiger partial charge in [0.2, 0.25) is 0 Å². The first-order valence-electron chi connectivity index (χ1n) is 8.00. The zero-order valence-electron chi connectivity index (χ0n) is 13.8. The third-order valence-electron chi connectivity index (χ3n) is 4.18. The number of fused-ring (bicyclic) bond motifs is 1. The van der Waals surface area contributed by atoms with Gasteiger partial charge in [0.15, 0.2) is 11.5 Å². The van der Waals surface area contributed by atoms with Crippen LogP contribution in [-0.2, 0) is 13.0 Å². The number of benzene rings is 2. The summed E-state index contributed by atoms with van der Waals surface area (Å²) in [6.07, 6.45) is 0.886. The van der Waals surface area contributed by atoms with Crippen molar-refractivity contribution in [1.29, 1.82) is 0 Å². The molecule has 2 aromatic rings. The van der Waals surface area contributed by atoms with Gasteiger partial charge in [0.05, 0.1) is 18.2 Å². The molecule has 0 fully saturated rings. The number of halogens is 1. The molecule has 0 spiro atoms. The first kappa shape index (κ1) is 16.8.